The smallest absolute Gasteiger partial charge is 0.323 e. The fraction of sp³-hybridized carbons (Fsp3) is 0.857. The first kappa shape index (κ1) is 15.1. The number of hydrogen-bond acceptors (Lipinski definition) is 3. The van der Waals surface area contributed by atoms with E-state index < -0.39 is 11.5 Å². The van der Waals surface area contributed by atoms with Gasteiger partial charge in [-0.05, 0) is 40.2 Å². The molecule has 2 aliphatic heterocycles. The van der Waals surface area contributed by atoms with Gasteiger partial charge < -0.3 is 14.9 Å². The summed E-state index contributed by atoms with van der Waals surface area (Å²) in [6.07, 6.45) is 2.34. The highest BCUT2D eigenvalue weighted by Gasteiger charge is 2.37. The highest BCUT2D eigenvalue weighted by atomic mass is 16.4. The van der Waals surface area contributed by atoms with Crippen LogP contribution in [0.25, 0.3) is 0 Å². The number of carbonyl (C=O) groups excluding carboxylic acids is 1. The number of aliphatic carboxylic acids is 1. The van der Waals surface area contributed by atoms with Gasteiger partial charge in [0, 0.05) is 31.2 Å². The van der Waals surface area contributed by atoms with Gasteiger partial charge >= 0.3 is 12.0 Å². The van der Waals surface area contributed by atoms with Crippen LogP contribution >= 0.6 is 0 Å². The maximum absolute atomic E-state index is 12.6. The molecule has 0 bridgehead atoms. The molecule has 1 unspecified atom stereocenters. The molecule has 0 aliphatic carbocycles. The van der Waals surface area contributed by atoms with Gasteiger partial charge in [0.25, 0.3) is 0 Å². The fourth-order valence-corrected chi connectivity index (χ4v) is 3.06. The minimum atomic E-state index is -0.965. The molecule has 0 aromatic carbocycles. The third kappa shape index (κ3) is 3.23. The molecule has 2 amide bonds. The molecule has 1 N–H and O–H groups in total. The Hall–Kier alpha value is -1.30. The summed E-state index contributed by atoms with van der Waals surface area (Å²) >= 11 is 0. The third-order valence-electron chi connectivity index (χ3n) is 4.19. The molecule has 0 aromatic rings. The molecule has 2 fully saturated rings. The molecule has 0 saturated carbocycles. The quantitative estimate of drug-likeness (QED) is 0.823. The van der Waals surface area contributed by atoms with Crippen molar-refractivity contribution < 1.29 is 14.7 Å². The summed E-state index contributed by atoms with van der Waals surface area (Å²) in [5, 5.41) is 9.02. The van der Waals surface area contributed by atoms with Crippen LogP contribution in [0.5, 0.6) is 0 Å². The van der Waals surface area contributed by atoms with Crippen molar-refractivity contribution in [2.24, 2.45) is 0 Å². The summed E-state index contributed by atoms with van der Waals surface area (Å²) in [5.41, 5.74) is -0.484. The Bertz CT molecular complexity index is 392. The van der Waals surface area contributed by atoms with Gasteiger partial charge in [-0.2, -0.15) is 0 Å². The van der Waals surface area contributed by atoms with E-state index in [1.165, 1.54) is 11.3 Å². The summed E-state index contributed by atoms with van der Waals surface area (Å²) in [7, 11) is 0. The Morgan fingerprint density at radius 3 is 2.55 bits per heavy atom. The van der Waals surface area contributed by atoms with Crippen molar-refractivity contribution in [3.05, 3.63) is 0 Å². The minimum Gasteiger partial charge on any atom is -0.480 e. The van der Waals surface area contributed by atoms with E-state index in [1.807, 2.05) is 25.7 Å². The summed E-state index contributed by atoms with van der Waals surface area (Å²) < 4.78 is 0. The van der Waals surface area contributed by atoms with Crippen molar-refractivity contribution in [3.8, 4) is 0 Å². The Morgan fingerprint density at radius 1 is 1.25 bits per heavy atom. The van der Waals surface area contributed by atoms with Crippen molar-refractivity contribution in [2.45, 2.75) is 45.2 Å². The van der Waals surface area contributed by atoms with Gasteiger partial charge in [0.1, 0.15) is 6.54 Å². The van der Waals surface area contributed by atoms with Crippen LogP contribution in [0.4, 0.5) is 4.79 Å². The monoisotopic (exact) mass is 283 g/mol. The fourth-order valence-electron chi connectivity index (χ4n) is 3.06. The van der Waals surface area contributed by atoms with Crippen LogP contribution in [0.15, 0.2) is 0 Å². The van der Waals surface area contributed by atoms with E-state index >= 15 is 0 Å². The van der Waals surface area contributed by atoms with E-state index in [1.54, 1.807) is 0 Å². The largest absolute Gasteiger partial charge is 0.480 e. The molecule has 0 spiro atoms. The Morgan fingerprint density at radius 2 is 1.95 bits per heavy atom. The van der Waals surface area contributed by atoms with E-state index in [9.17, 15) is 9.59 Å². The number of carbonyl (C=O) groups is 2. The molecule has 2 saturated heterocycles. The molecule has 0 aromatic heterocycles. The second-order valence-corrected chi connectivity index (χ2v) is 6.71. The molecule has 1 atom stereocenters. The van der Waals surface area contributed by atoms with Gasteiger partial charge in [-0.3, -0.25) is 9.69 Å². The van der Waals surface area contributed by atoms with Crippen molar-refractivity contribution >= 4 is 12.0 Å². The van der Waals surface area contributed by atoms with Gasteiger partial charge in [-0.15, -0.1) is 0 Å². The molecule has 2 heterocycles. The summed E-state index contributed by atoms with van der Waals surface area (Å²) in [6.45, 7) is 8.84. The van der Waals surface area contributed by atoms with Crippen LogP contribution in [0.2, 0.25) is 0 Å². The van der Waals surface area contributed by atoms with Crippen molar-refractivity contribution in [1.29, 1.82) is 0 Å². The number of fused-ring (bicyclic) bond motifs is 1. The lowest BCUT2D eigenvalue weighted by atomic mass is 10.1. The van der Waals surface area contributed by atoms with Crippen LogP contribution in [0.3, 0.4) is 0 Å². The van der Waals surface area contributed by atoms with Gasteiger partial charge in [-0.25, -0.2) is 4.79 Å². The SMILES string of the molecule is CC(C)(C)N(CC(=O)O)C(=O)N1CCN2CCCC2C1. The zero-order chi connectivity index (χ0) is 14.9. The second-order valence-electron chi connectivity index (χ2n) is 6.71. The topological polar surface area (TPSA) is 64.1 Å². The highest BCUT2D eigenvalue weighted by Crippen LogP contribution is 2.23. The van der Waals surface area contributed by atoms with Crippen LogP contribution < -0.4 is 0 Å². The Kier molecular flexibility index (Phi) is 4.22. The molecule has 6 nitrogen and oxygen atoms in total. The zero-order valence-electron chi connectivity index (χ0n) is 12.6. The van der Waals surface area contributed by atoms with Crippen molar-refractivity contribution in [1.82, 2.24) is 14.7 Å². The second kappa shape index (κ2) is 5.60. The number of urea groups is 1. The van der Waals surface area contributed by atoms with Crippen LogP contribution in [-0.2, 0) is 4.79 Å². The molecule has 6 heteroatoms. The normalized spacial score (nSPS) is 23.6. The molecule has 20 heavy (non-hydrogen) atoms. The molecule has 2 aliphatic rings. The zero-order valence-corrected chi connectivity index (χ0v) is 12.6. The number of nitrogens with zero attached hydrogens (tertiary/aromatic N) is 3. The van der Waals surface area contributed by atoms with E-state index in [4.69, 9.17) is 5.11 Å². The van der Waals surface area contributed by atoms with Crippen LogP contribution in [0.1, 0.15) is 33.6 Å². The number of amides is 2. The highest BCUT2D eigenvalue weighted by molar-refractivity contribution is 5.81. The van der Waals surface area contributed by atoms with Gasteiger partial charge in [-0.1, -0.05) is 0 Å². The van der Waals surface area contributed by atoms with Crippen molar-refractivity contribution in [2.75, 3.05) is 32.7 Å². The number of carboxylic acids is 1. The van der Waals surface area contributed by atoms with E-state index in [0.717, 1.165) is 26.1 Å². The van der Waals surface area contributed by atoms with E-state index in [2.05, 4.69) is 4.90 Å². The predicted molar refractivity (Wildman–Crippen MR) is 75.7 cm³/mol. The lowest BCUT2D eigenvalue weighted by Gasteiger charge is -2.43. The number of hydrogen-bond donors (Lipinski definition) is 1. The van der Waals surface area contributed by atoms with E-state index in [-0.39, 0.29) is 12.6 Å². The van der Waals surface area contributed by atoms with Crippen molar-refractivity contribution in [3.63, 3.8) is 0 Å². The Labute approximate surface area is 120 Å². The van der Waals surface area contributed by atoms with Gasteiger partial charge in [0.2, 0.25) is 0 Å². The first-order chi connectivity index (χ1) is 9.29. The molecule has 114 valence electrons. The molecular formula is C14H25N3O3. The van der Waals surface area contributed by atoms with Gasteiger partial charge in [0.05, 0.1) is 0 Å². The average Bonchev–Trinajstić information content (AvgIpc) is 2.80. The summed E-state index contributed by atoms with van der Waals surface area (Å²) in [5.74, 6) is -0.965. The van der Waals surface area contributed by atoms with Crippen LogP contribution in [-0.4, -0.2) is 76.1 Å². The number of carboxylic acid groups (broad SMARTS) is 1. The third-order valence-corrected chi connectivity index (χ3v) is 4.19. The number of rotatable bonds is 2. The minimum absolute atomic E-state index is 0.147. The lowest BCUT2D eigenvalue weighted by molar-refractivity contribution is -0.138. The first-order valence-corrected chi connectivity index (χ1v) is 7.31. The standard InChI is InChI=1S/C14H25N3O3/c1-14(2,3)17(10-12(18)19)13(20)16-8-7-15-6-4-5-11(15)9-16/h11H,4-10H2,1-3H3,(H,18,19). The molecule has 0 radical (unpaired) electrons. The van der Waals surface area contributed by atoms with E-state index in [0.29, 0.717) is 12.6 Å². The molecular weight excluding hydrogens is 258 g/mol. The Balaban J connectivity index is 2.05. The summed E-state index contributed by atoms with van der Waals surface area (Å²) in [4.78, 5) is 29.4. The average molecular weight is 283 g/mol. The number of piperazine rings is 1. The lowest BCUT2D eigenvalue weighted by Crippen LogP contribution is -2.59. The maximum atomic E-state index is 12.6. The maximum Gasteiger partial charge on any atom is 0.323 e. The first-order valence-electron chi connectivity index (χ1n) is 7.31. The van der Waals surface area contributed by atoms with Crippen LogP contribution in [0, 0.1) is 0 Å². The molecule has 2 rings (SSSR count). The predicted octanol–water partition coefficient (Wildman–Crippen LogP) is 1.07. The summed E-state index contributed by atoms with van der Waals surface area (Å²) in [6, 6.07) is 0.311. The van der Waals surface area contributed by atoms with Gasteiger partial charge in [0.15, 0.2) is 0 Å².